The van der Waals surface area contributed by atoms with Crippen LogP contribution in [-0.4, -0.2) is 52.0 Å². The van der Waals surface area contributed by atoms with Crippen LogP contribution in [0.4, 0.5) is 0 Å². The fraction of sp³-hybridized carbons (Fsp3) is 0.310. The van der Waals surface area contributed by atoms with Gasteiger partial charge in [0.25, 0.3) is 0 Å². The number of amides is 1. The molecule has 0 saturated carbocycles. The third kappa shape index (κ3) is 9.59. The first-order valence-corrected chi connectivity index (χ1v) is 12.0. The molecule has 8 nitrogen and oxygen atoms in total. The molecule has 3 rings (SSSR count). The molecule has 0 aromatic heterocycles. The van der Waals surface area contributed by atoms with Gasteiger partial charge in [0.15, 0.2) is 11.5 Å². The van der Waals surface area contributed by atoms with Gasteiger partial charge in [-0.25, -0.2) is 4.79 Å². The maximum atomic E-state index is 12.4. The number of nitrogens with one attached hydrogen (secondary N) is 1. The topological polar surface area (TPSA) is 92.3 Å². The molecule has 0 spiro atoms. The van der Waals surface area contributed by atoms with Crippen molar-refractivity contribution >= 4 is 11.9 Å². The van der Waals surface area contributed by atoms with Crippen LogP contribution in [0.15, 0.2) is 78.9 Å². The van der Waals surface area contributed by atoms with Crippen molar-refractivity contribution in [3.8, 4) is 11.5 Å². The highest BCUT2D eigenvalue weighted by molar-refractivity contribution is 5.85. The number of carbonyl (C=O) groups is 2. The molecule has 37 heavy (non-hydrogen) atoms. The molecule has 1 atom stereocenters. The first kappa shape index (κ1) is 27.7. The van der Waals surface area contributed by atoms with Gasteiger partial charge in [-0.3, -0.25) is 4.79 Å². The standard InChI is InChI=1S/C29H33NO7/c1-33-15-16-35-21-28(31)30-25(29(32)34-2)17-24-13-14-26(36-19-22-9-5-3-6-10-22)27(18-24)37-20-23-11-7-4-8-12-23/h3-14,18,25H,15-17,19-21H2,1-2H3,(H,30,31)/t25-/m0/s1. The number of ether oxygens (including phenoxy) is 5. The van der Waals surface area contributed by atoms with E-state index >= 15 is 0 Å². The number of rotatable bonds is 15. The molecule has 3 aromatic rings. The van der Waals surface area contributed by atoms with Gasteiger partial charge in [0, 0.05) is 13.5 Å². The number of esters is 1. The summed E-state index contributed by atoms with van der Waals surface area (Å²) in [5.74, 6) is 0.139. The first-order chi connectivity index (χ1) is 18.1. The van der Waals surface area contributed by atoms with Crippen molar-refractivity contribution in [1.82, 2.24) is 5.32 Å². The predicted molar refractivity (Wildman–Crippen MR) is 138 cm³/mol. The van der Waals surface area contributed by atoms with E-state index < -0.39 is 17.9 Å². The number of methoxy groups -OCH3 is 2. The van der Waals surface area contributed by atoms with E-state index in [1.165, 1.54) is 7.11 Å². The molecule has 0 aliphatic carbocycles. The zero-order valence-electron chi connectivity index (χ0n) is 21.2. The molecule has 0 radical (unpaired) electrons. The summed E-state index contributed by atoms with van der Waals surface area (Å²) < 4.78 is 27.2. The van der Waals surface area contributed by atoms with Crippen LogP contribution in [0, 0.1) is 0 Å². The minimum atomic E-state index is -0.887. The zero-order valence-corrected chi connectivity index (χ0v) is 21.2. The fourth-order valence-corrected chi connectivity index (χ4v) is 3.50. The molecule has 1 N–H and O–H groups in total. The van der Waals surface area contributed by atoms with Crippen molar-refractivity contribution in [2.45, 2.75) is 25.7 Å². The quantitative estimate of drug-likeness (QED) is 0.248. The van der Waals surface area contributed by atoms with E-state index in [0.29, 0.717) is 31.3 Å². The summed E-state index contributed by atoms with van der Waals surface area (Å²) in [6.45, 7) is 1.19. The highest BCUT2D eigenvalue weighted by atomic mass is 16.5. The van der Waals surface area contributed by atoms with Gasteiger partial charge in [-0.1, -0.05) is 66.7 Å². The monoisotopic (exact) mass is 507 g/mol. The number of benzene rings is 3. The Kier molecular flexibility index (Phi) is 11.4. The molecule has 0 unspecified atom stereocenters. The lowest BCUT2D eigenvalue weighted by atomic mass is 10.0. The van der Waals surface area contributed by atoms with Crippen LogP contribution < -0.4 is 14.8 Å². The van der Waals surface area contributed by atoms with Gasteiger partial charge in [-0.15, -0.1) is 0 Å². The number of hydrogen-bond acceptors (Lipinski definition) is 7. The van der Waals surface area contributed by atoms with Gasteiger partial charge in [-0.2, -0.15) is 0 Å². The van der Waals surface area contributed by atoms with Crippen molar-refractivity contribution in [1.29, 1.82) is 0 Å². The highest BCUT2D eigenvalue weighted by Crippen LogP contribution is 2.30. The second-order valence-electron chi connectivity index (χ2n) is 8.22. The van der Waals surface area contributed by atoms with Gasteiger partial charge in [0.2, 0.25) is 5.91 Å². The van der Waals surface area contributed by atoms with Gasteiger partial charge >= 0.3 is 5.97 Å². The summed E-state index contributed by atoms with van der Waals surface area (Å²) in [6.07, 6.45) is 0.206. The average Bonchev–Trinajstić information content (AvgIpc) is 2.94. The van der Waals surface area contributed by atoms with Crippen molar-refractivity contribution in [3.05, 3.63) is 95.6 Å². The summed E-state index contributed by atoms with van der Waals surface area (Å²) in [7, 11) is 2.83. The molecule has 0 bridgehead atoms. The third-order valence-corrected chi connectivity index (χ3v) is 5.41. The summed E-state index contributed by atoms with van der Waals surface area (Å²) in [5, 5.41) is 2.68. The van der Waals surface area contributed by atoms with Crippen molar-refractivity contribution in [3.63, 3.8) is 0 Å². The fourth-order valence-electron chi connectivity index (χ4n) is 3.50. The van der Waals surface area contributed by atoms with Crippen molar-refractivity contribution in [2.75, 3.05) is 34.0 Å². The van der Waals surface area contributed by atoms with E-state index in [0.717, 1.165) is 16.7 Å². The summed E-state index contributed by atoms with van der Waals surface area (Å²) in [5.41, 5.74) is 2.81. The average molecular weight is 508 g/mol. The first-order valence-electron chi connectivity index (χ1n) is 12.0. The lowest BCUT2D eigenvalue weighted by Crippen LogP contribution is -2.44. The second kappa shape index (κ2) is 15.3. The Morgan fingerprint density at radius 2 is 1.38 bits per heavy atom. The lowest BCUT2D eigenvalue weighted by Gasteiger charge is -2.18. The van der Waals surface area contributed by atoms with Crippen LogP contribution in [-0.2, 0) is 43.4 Å². The lowest BCUT2D eigenvalue weighted by molar-refractivity contribution is -0.145. The molecular formula is C29H33NO7. The minimum absolute atomic E-state index is 0.186. The minimum Gasteiger partial charge on any atom is -0.485 e. The summed E-state index contributed by atoms with van der Waals surface area (Å²) >= 11 is 0. The van der Waals surface area contributed by atoms with Crippen LogP contribution in [0.2, 0.25) is 0 Å². The van der Waals surface area contributed by atoms with E-state index in [2.05, 4.69) is 5.32 Å². The molecule has 1 amide bonds. The normalized spacial score (nSPS) is 11.4. The number of hydrogen-bond donors (Lipinski definition) is 1. The Labute approximate surface area is 217 Å². The molecule has 0 fully saturated rings. The highest BCUT2D eigenvalue weighted by Gasteiger charge is 2.23. The number of carbonyl (C=O) groups excluding carboxylic acids is 2. The van der Waals surface area contributed by atoms with Crippen LogP contribution in [0.25, 0.3) is 0 Å². The van der Waals surface area contributed by atoms with Gasteiger partial charge in [0.1, 0.15) is 25.9 Å². The van der Waals surface area contributed by atoms with Crippen LogP contribution >= 0.6 is 0 Å². The Balaban J connectivity index is 1.73. The van der Waals surface area contributed by atoms with E-state index in [-0.39, 0.29) is 19.6 Å². The van der Waals surface area contributed by atoms with Gasteiger partial charge in [-0.05, 0) is 28.8 Å². The molecule has 8 heteroatoms. The van der Waals surface area contributed by atoms with E-state index in [1.54, 1.807) is 7.11 Å². The third-order valence-electron chi connectivity index (χ3n) is 5.41. The smallest absolute Gasteiger partial charge is 0.328 e. The largest absolute Gasteiger partial charge is 0.485 e. The van der Waals surface area contributed by atoms with Crippen LogP contribution in [0.5, 0.6) is 11.5 Å². The Morgan fingerprint density at radius 3 is 1.97 bits per heavy atom. The van der Waals surface area contributed by atoms with Crippen LogP contribution in [0.3, 0.4) is 0 Å². The van der Waals surface area contributed by atoms with Gasteiger partial charge < -0.3 is 29.0 Å². The molecule has 0 heterocycles. The molecule has 3 aromatic carbocycles. The van der Waals surface area contributed by atoms with E-state index in [4.69, 9.17) is 23.7 Å². The maximum Gasteiger partial charge on any atom is 0.328 e. The maximum absolute atomic E-state index is 12.4. The van der Waals surface area contributed by atoms with Crippen molar-refractivity contribution < 1.29 is 33.3 Å². The van der Waals surface area contributed by atoms with Gasteiger partial charge in [0.05, 0.1) is 20.3 Å². The Bertz CT molecular complexity index is 1110. The second-order valence-corrected chi connectivity index (χ2v) is 8.22. The predicted octanol–water partition coefficient (Wildman–Crippen LogP) is 3.71. The molecule has 0 aliphatic heterocycles. The van der Waals surface area contributed by atoms with E-state index in [1.807, 2.05) is 78.9 Å². The summed E-state index contributed by atoms with van der Waals surface area (Å²) in [6, 6.07) is 24.2. The molecule has 0 saturated heterocycles. The molecule has 0 aliphatic rings. The molecular weight excluding hydrogens is 474 g/mol. The van der Waals surface area contributed by atoms with E-state index in [9.17, 15) is 9.59 Å². The molecule has 196 valence electrons. The SMILES string of the molecule is COCCOCC(=O)N[C@@H](Cc1ccc(OCc2ccccc2)c(OCc2ccccc2)c1)C(=O)OC. The van der Waals surface area contributed by atoms with Crippen molar-refractivity contribution in [2.24, 2.45) is 0 Å². The summed E-state index contributed by atoms with van der Waals surface area (Å²) in [4.78, 5) is 24.7. The Morgan fingerprint density at radius 1 is 0.757 bits per heavy atom. The zero-order chi connectivity index (χ0) is 26.3. The van der Waals surface area contributed by atoms with Crippen LogP contribution in [0.1, 0.15) is 16.7 Å². The Hall–Kier alpha value is -3.88.